The van der Waals surface area contributed by atoms with E-state index in [4.69, 9.17) is 5.11 Å². The lowest BCUT2D eigenvalue weighted by Gasteiger charge is -2.13. The molecule has 0 radical (unpaired) electrons. The maximum atomic E-state index is 10.7. The molecule has 0 spiro atoms. The number of hydrogen-bond donors (Lipinski definition) is 3. The van der Waals surface area contributed by atoms with Gasteiger partial charge in [-0.3, -0.25) is 9.59 Å². The van der Waals surface area contributed by atoms with Gasteiger partial charge in [0, 0.05) is 0 Å². The molecule has 0 atom stereocenters. The minimum Gasteiger partial charge on any atom is -0.478 e. The Bertz CT molecular complexity index is 263. The van der Waals surface area contributed by atoms with Gasteiger partial charge in [-0.15, -0.1) is 0 Å². The molecule has 2 amide bonds. The van der Waals surface area contributed by atoms with Crippen molar-refractivity contribution in [1.82, 2.24) is 10.6 Å². The van der Waals surface area contributed by atoms with Crippen molar-refractivity contribution in [3.63, 3.8) is 0 Å². The highest BCUT2D eigenvalue weighted by molar-refractivity contribution is 5.94. The molecule has 6 heteroatoms. The summed E-state index contributed by atoms with van der Waals surface area (Å²) >= 11 is 0. The van der Waals surface area contributed by atoms with Crippen LogP contribution in [0.5, 0.6) is 0 Å². The number of hydrogen-bond acceptors (Lipinski definition) is 3. The second-order valence-electron chi connectivity index (χ2n) is 2.20. The van der Waals surface area contributed by atoms with Crippen molar-refractivity contribution in [2.75, 3.05) is 0 Å². The Hall–Kier alpha value is -2.11. The number of carbonyl (C=O) groups excluding carboxylic acids is 2. The van der Waals surface area contributed by atoms with Gasteiger partial charge >= 0.3 is 5.97 Å². The zero-order valence-corrected chi connectivity index (χ0v) is 7.32. The molecule has 76 valence electrons. The molecule has 3 N–H and O–H groups in total. The quantitative estimate of drug-likeness (QED) is 0.390. The first-order valence-corrected chi connectivity index (χ1v) is 3.60. The maximum Gasteiger partial charge on any atom is 0.347 e. The molecule has 0 aliphatic rings. The molecule has 0 unspecified atom stereocenters. The van der Waals surface area contributed by atoms with E-state index in [1.807, 2.05) is 10.6 Å². The van der Waals surface area contributed by atoms with Crippen LogP contribution in [-0.2, 0) is 14.4 Å². The summed E-state index contributed by atoms with van der Waals surface area (Å²) in [6, 6.07) is 0. The van der Waals surface area contributed by atoms with E-state index >= 15 is 0 Å². The lowest BCUT2D eigenvalue weighted by atomic mass is 10.4. The van der Waals surface area contributed by atoms with Crippen molar-refractivity contribution < 1.29 is 19.5 Å². The van der Waals surface area contributed by atoms with Crippen molar-refractivity contribution in [1.29, 1.82) is 0 Å². The molecule has 0 heterocycles. The summed E-state index contributed by atoms with van der Waals surface area (Å²) in [6.45, 7) is 6.27. The molecule has 0 aromatic rings. The third kappa shape index (κ3) is 4.05. The van der Waals surface area contributed by atoms with Crippen LogP contribution in [0.1, 0.15) is 0 Å². The standard InChI is InChI=1S/C8H10N2O4/c1-3-5(11)9-7(8(13)14)10-6(12)4-2/h3-4,7H,1-2H2,(H,9,11)(H,10,12)(H,13,14). The van der Waals surface area contributed by atoms with E-state index in [2.05, 4.69) is 13.2 Å². The van der Waals surface area contributed by atoms with Crippen LogP contribution < -0.4 is 10.6 Å². The Labute approximate surface area is 80.3 Å². The van der Waals surface area contributed by atoms with E-state index in [1.165, 1.54) is 0 Å². The predicted molar refractivity (Wildman–Crippen MR) is 48.1 cm³/mol. The van der Waals surface area contributed by atoms with Crippen molar-refractivity contribution in [2.45, 2.75) is 6.17 Å². The van der Waals surface area contributed by atoms with Gasteiger partial charge in [-0.2, -0.15) is 0 Å². The van der Waals surface area contributed by atoms with Gasteiger partial charge in [0.25, 0.3) is 0 Å². The molecule has 0 bridgehead atoms. The lowest BCUT2D eigenvalue weighted by Crippen LogP contribution is -2.52. The normalized spacial score (nSPS) is 8.93. The molecule has 0 aliphatic heterocycles. The first-order chi connectivity index (χ1) is 6.51. The maximum absolute atomic E-state index is 10.7. The number of amides is 2. The first-order valence-electron chi connectivity index (χ1n) is 3.60. The van der Waals surface area contributed by atoms with Crippen LogP contribution in [0.25, 0.3) is 0 Å². The van der Waals surface area contributed by atoms with E-state index in [1.54, 1.807) is 0 Å². The average molecular weight is 198 g/mol. The summed E-state index contributed by atoms with van der Waals surface area (Å²) in [5.41, 5.74) is 0. The molecular formula is C8H10N2O4. The van der Waals surface area contributed by atoms with Crippen molar-refractivity contribution in [2.24, 2.45) is 0 Å². The summed E-state index contributed by atoms with van der Waals surface area (Å²) in [5, 5.41) is 12.6. The van der Waals surface area contributed by atoms with Crippen LogP contribution in [0, 0.1) is 0 Å². The van der Waals surface area contributed by atoms with Gasteiger partial charge in [-0.1, -0.05) is 13.2 Å². The van der Waals surface area contributed by atoms with Gasteiger partial charge < -0.3 is 15.7 Å². The molecular weight excluding hydrogens is 188 g/mol. The van der Waals surface area contributed by atoms with Gasteiger partial charge in [0.15, 0.2) is 0 Å². The van der Waals surface area contributed by atoms with Gasteiger partial charge in [0.05, 0.1) is 0 Å². The largest absolute Gasteiger partial charge is 0.478 e. The Balaban J connectivity index is 4.37. The van der Waals surface area contributed by atoms with Gasteiger partial charge in [0.2, 0.25) is 18.0 Å². The van der Waals surface area contributed by atoms with Crippen molar-refractivity contribution in [3.8, 4) is 0 Å². The summed E-state index contributed by atoms with van der Waals surface area (Å²) in [4.78, 5) is 32.0. The van der Waals surface area contributed by atoms with Gasteiger partial charge in [0.1, 0.15) is 0 Å². The highest BCUT2D eigenvalue weighted by Gasteiger charge is 2.19. The van der Waals surface area contributed by atoms with Crippen LogP contribution >= 0.6 is 0 Å². The Morgan fingerprint density at radius 3 is 1.64 bits per heavy atom. The second-order valence-corrected chi connectivity index (χ2v) is 2.20. The molecule has 14 heavy (non-hydrogen) atoms. The average Bonchev–Trinajstić information content (AvgIpc) is 2.16. The lowest BCUT2D eigenvalue weighted by molar-refractivity contribution is -0.143. The van der Waals surface area contributed by atoms with Crippen LogP contribution in [0.15, 0.2) is 25.3 Å². The third-order valence-corrected chi connectivity index (χ3v) is 1.19. The zero-order chi connectivity index (χ0) is 11.1. The molecule has 0 aliphatic carbocycles. The molecule has 0 aromatic heterocycles. The molecule has 0 rings (SSSR count). The fraction of sp³-hybridized carbons (Fsp3) is 0.125. The SMILES string of the molecule is C=CC(=O)NC(NC(=O)C=C)C(=O)O. The van der Waals surface area contributed by atoms with Crippen LogP contribution in [-0.4, -0.2) is 29.1 Å². The minimum absolute atomic E-state index is 0.693. The number of carboxylic acids is 1. The Morgan fingerprint density at radius 1 is 1.07 bits per heavy atom. The number of rotatable bonds is 5. The summed E-state index contributed by atoms with van der Waals surface area (Å²) in [6.07, 6.45) is 0.317. The Morgan fingerprint density at radius 2 is 1.43 bits per heavy atom. The number of carbonyl (C=O) groups is 3. The molecule has 0 saturated carbocycles. The predicted octanol–water partition coefficient (Wildman–Crippen LogP) is -0.998. The molecule has 0 saturated heterocycles. The molecule has 0 fully saturated rings. The Kier molecular flexibility index (Phi) is 4.69. The minimum atomic E-state index is -1.48. The molecule has 0 aromatic carbocycles. The van der Waals surface area contributed by atoms with Crippen molar-refractivity contribution in [3.05, 3.63) is 25.3 Å². The van der Waals surface area contributed by atoms with Crippen LogP contribution in [0.2, 0.25) is 0 Å². The summed E-state index contributed by atoms with van der Waals surface area (Å²) in [7, 11) is 0. The topological polar surface area (TPSA) is 95.5 Å². The van der Waals surface area contributed by atoms with E-state index in [-0.39, 0.29) is 0 Å². The van der Waals surface area contributed by atoms with Crippen LogP contribution in [0.4, 0.5) is 0 Å². The molecule has 6 nitrogen and oxygen atoms in total. The zero-order valence-electron chi connectivity index (χ0n) is 7.32. The van der Waals surface area contributed by atoms with E-state index in [9.17, 15) is 14.4 Å². The van der Waals surface area contributed by atoms with E-state index in [0.29, 0.717) is 0 Å². The second kappa shape index (κ2) is 5.52. The van der Waals surface area contributed by atoms with E-state index in [0.717, 1.165) is 12.2 Å². The smallest absolute Gasteiger partial charge is 0.347 e. The third-order valence-electron chi connectivity index (χ3n) is 1.19. The van der Waals surface area contributed by atoms with Gasteiger partial charge in [-0.05, 0) is 12.2 Å². The highest BCUT2D eigenvalue weighted by atomic mass is 16.4. The highest BCUT2D eigenvalue weighted by Crippen LogP contribution is 1.81. The first kappa shape index (κ1) is 11.9. The van der Waals surface area contributed by atoms with Crippen LogP contribution in [0.3, 0.4) is 0 Å². The summed E-state index contributed by atoms with van der Waals surface area (Å²) < 4.78 is 0. The van der Waals surface area contributed by atoms with Crippen molar-refractivity contribution >= 4 is 17.8 Å². The van der Waals surface area contributed by atoms with Gasteiger partial charge in [-0.25, -0.2) is 4.79 Å². The summed E-state index contributed by atoms with van der Waals surface area (Å²) in [5.74, 6) is -2.76. The monoisotopic (exact) mass is 198 g/mol. The van der Waals surface area contributed by atoms with E-state index < -0.39 is 23.9 Å². The number of nitrogens with one attached hydrogen (secondary N) is 2. The fourth-order valence-corrected chi connectivity index (χ4v) is 0.562. The number of aliphatic carboxylic acids is 1. The fourth-order valence-electron chi connectivity index (χ4n) is 0.562. The number of carboxylic acid groups (broad SMARTS) is 1.